The molecule has 4 heteroatoms. The summed E-state index contributed by atoms with van der Waals surface area (Å²) in [5.74, 6) is -0.157. The van der Waals surface area contributed by atoms with Crippen molar-refractivity contribution in [1.29, 1.82) is 0 Å². The van der Waals surface area contributed by atoms with Crippen molar-refractivity contribution in [3.8, 4) is 0 Å². The van der Waals surface area contributed by atoms with Gasteiger partial charge in [0, 0.05) is 24.2 Å². The van der Waals surface area contributed by atoms with Crippen molar-refractivity contribution in [2.75, 3.05) is 26.3 Å². The number of morpholine rings is 1. The molecular formula is C14H15NO3. The third kappa shape index (κ3) is 1.39. The maximum absolute atomic E-state index is 12.5. The van der Waals surface area contributed by atoms with Crippen molar-refractivity contribution in [1.82, 2.24) is 4.90 Å². The molecule has 0 N–H and O–H groups in total. The van der Waals surface area contributed by atoms with Gasteiger partial charge >= 0.3 is 0 Å². The molecule has 1 aromatic carbocycles. The molecule has 0 unspecified atom stereocenters. The SMILES string of the molecule is CC1(N2CCOCC2)C(=O)c2ccccc2C1=O. The van der Waals surface area contributed by atoms with Crippen LogP contribution in [0.3, 0.4) is 0 Å². The topological polar surface area (TPSA) is 46.6 Å². The van der Waals surface area contributed by atoms with Gasteiger partial charge in [0.15, 0.2) is 11.6 Å². The highest BCUT2D eigenvalue weighted by Crippen LogP contribution is 2.34. The fourth-order valence-corrected chi connectivity index (χ4v) is 2.80. The Labute approximate surface area is 106 Å². The summed E-state index contributed by atoms with van der Waals surface area (Å²) >= 11 is 0. The van der Waals surface area contributed by atoms with E-state index in [4.69, 9.17) is 4.74 Å². The molecule has 2 aliphatic rings. The number of carbonyl (C=O) groups is 2. The highest BCUT2D eigenvalue weighted by molar-refractivity contribution is 6.32. The molecule has 0 saturated carbocycles. The molecule has 1 aromatic rings. The zero-order chi connectivity index (χ0) is 12.8. The number of Topliss-reactive ketones (excluding diaryl/α,β-unsaturated/α-hetero) is 2. The number of ether oxygens (including phenoxy) is 1. The molecule has 1 heterocycles. The molecule has 18 heavy (non-hydrogen) atoms. The first-order valence-corrected chi connectivity index (χ1v) is 6.17. The van der Waals surface area contributed by atoms with Crippen LogP contribution in [0.5, 0.6) is 0 Å². The molecule has 1 saturated heterocycles. The van der Waals surface area contributed by atoms with Crippen LogP contribution in [0.15, 0.2) is 24.3 Å². The Bertz CT molecular complexity index is 483. The average Bonchev–Trinajstić information content (AvgIpc) is 2.64. The Morgan fingerprint density at radius 1 is 1.06 bits per heavy atom. The van der Waals surface area contributed by atoms with Gasteiger partial charge in [0.1, 0.15) is 5.54 Å². The van der Waals surface area contributed by atoms with E-state index in [1.54, 1.807) is 31.2 Å². The zero-order valence-electron chi connectivity index (χ0n) is 10.3. The Kier molecular flexibility index (Phi) is 2.57. The van der Waals surface area contributed by atoms with Gasteiger partial charge in [-0.25, -0.2) is 0 Å². The number of rotatable bonds is 1. The Morgan fingerprint density at radius 2 is 1.56 bits per heavy atom. The molecule has 0 radical (unpaired) electrons. The number of hydrogen-bond donors (Lipinski definition) is 0. The summed E-state index contributed by atoms with van der Waals surface area (Å²) < 4.78 is 5.29. The number of carbonyl (C=O) groups excluding carboxylic acids is 2. The van der Waals surface area contributed by atoms with Crippen molar-refractivity contribution in [2.45, 2.75) is 12.5 Å². The van der Waals surface area contributed by atoms with Crippen LogP contribution >= 0.6 is 0 Å². The number of benzene rings is 1. The van der Waals surface area contributed by atoms with Gasteiger partial charge < -0.3 is 4.74 Å². The van der Waals surface area contributed by atoms with E-state index in [-0.39, 0.29) is 11.6 Å². The van der Waals surface area contributed by atoms with Gasteiger partial charge in [0.05, 0.1) is 13.2 Å². The molecule has 0 bridgehead atoms. The van der Waals surface area contributed by atoms with E-state index >= 15 is 0 Å². The summed E-state index contributed by atoms with van der Waals surface area (Å²) in [6.07, 6.45) is 0. The number of fused-ring (bicyclic) bond motifs is 1. The van der Waals surface area contributed by atoms with Crippen molar-refractivity contribution in [2.24, 2.45) is 0 Å². The molecule has 94 valence electrons. The Hall–Kier alpha value is -1.52. The number of hydrogen-bond acceptors (Lipinski definition) is 4. The van der Waals surface area contributed by atoms with Gasteiger partial charge in [-0.05, 0) is 6.92 Å². The van der Waals surface area contributed by atoms with Crippen molar-refractivity contribution in [3.05, 3.63) is 35.4 Å². The van der Waals surface area contributed by atoms with Crippen LogP contribution in [-0.4, -0.2) is 48.3 Å². The first kappa shape index (κ1) is 11.6. The second-order valence-corrected chi connectivity index (χ2v) is 4.88. The molecule has 1 fully saturated rings. The maximum atomic E-state index is 12.5. The molecule has 1 aliphatic carbocycles. The van der Waals surface area contributed by atoms with Gasteiger partial charge in [0.25, 0.3) is 0 Å². The van der Waals surface area contributed by atoms with E-state index in [9.17, 15) is 9.59 Å². The predicted octanol–water partition coefficient (Wildman–Crippen LogP) is 1.16. The number of ketones is 2. The standard InChI is InChI=1S/C14H15NO3/c1-14(15-6-8-18-9-7-15)12(16)10-4-2-3-5-11(10)13(14)17/h2-5H,6-9H2,1H3. The molecule has 3 rings (SSSR count). The van der Waals surface area contributed by atoms with Gasteiger partial charge in [-0.3, -0.25) is 14.5 Å². The molecule has 0 aromatic heterocycles. The van der Waals surface area contributed by atoms with Crippen molar-refractivity contribution >= 4 is 11.6 Å². The van der Waals surface area contributed by atoms with Gasteiger partial charge in [0.2, 0.25) is 0 Å². The van der Waals surface area contributed by atoms with Crippen molar-refractivity contribution in [3.63, 3.8) is 0 Å². The van der Waals surface area contributed by atoms with Crippen LogP contribution in [0.4, 0.5) is 0 Å². The van der Waals surface area contributed by atoms with Crippen LogP contribution in [0.25, 0.3) is 0 Å². The lowest BCUT2D eigenvalue weighted by Gasteiger charge is -2.37. The summed E-state index contributed by atoms with van der Waals surface area (Å²) in [5.41, 5.74) is 0.0704. The van der Waals surface area contributed by atoms with Crippen LogP contribution in [0.1, 0.15) is 27.6 Å². The molecule has 0 spiro atoms. The van der Waals surface area contributed by atoms with Crippen LogP contribution in [0, 0.1) is 0 Å². The van der Waals surface area contributed by atoms with E-state index in [2.05, 4.69) is 0 Å². The van der Waals surface area contributed by atoms with Crippen molar-refractivity contribution < 1.29 is 14.3 Å². The van der Waals surface area contributed by atoms with Crippen LogP contribution in [0.2, 0.25) is 0 Å². The molecule has 0 atom stereocenters. The Morgan fingerprint density at radius 3 is 2.06 bits per heavy atom. The fraction of sp³-hybridized carbons (Fsp3) is 0.429. The summed E-state index contributed by atoms with van der Waals surface area (Å²) in [6, 6.07) is 7.08. The molecule has 4 nitrogen and oxygen atoms in total. The fourth-order valence-electron chi connectivity index (χ4n) is 2.80. The molecular weight excluding hydrogens is 230 g/mol. The van der Waals surface area contributed by atoms with E-state index in [1.165, 1.54) is 0 Å². The van der Waals surface area contributed by atoms with Gasteiger partial charge in [-0.1, -0.05) is 24.3 Å². The van der Waals surface area contributed by atoms with E-state index in [1.807, 2.05) is 4.90 Å². The second-order valence-electron chi connectivity index (χ2n) is 4.88. The highest BCUT2D eigenvalue weighted by atomic mass is 16.5. The second kappa shape index (κ2) is 4.00. The maximum Gasteiger partial charge on any atom is 0.191 e. The lowest BCUT2D eigenvalue weighted by Crippen LogP contribution is -2.58. The normalized spacial score (nSPS) is 23.2. The number of nitrogens with zero attached hydrogens (tertiary/aromatic N) is 1. The lowest BCUT2D eigenvalue weighted by molar-refractivity contribution is -0.00254. The quantitative estimate of drug-likeness (QED) is 0.696. The summed E-state index contributed by atoms with van der Waals surface area (Å²) in [6.45, 7) is 4.14. The molecule has 1 aliphatic heterocycles. The van der Waals surface area contributed by atoms with E-state index < -0.39 is 5.54 Å². The summed E-state index contributed by atoms with van der Waals surface area (Å²) in [7, 11) is 0. The monoisotopic (exact) mass is 245 g/mol. The lowest BCUT2D eigenvalue weighted by atomic mass is 9.93. The average molecular weight is 245 g/mol. The van der Waals surface area contributed by atoms with Crippen LogP contribution < -0.4 is 0 Å². The van der Waals surface area contributed by atoms with Gasteiger partial charge in [-0.2, -0.15) is 0 Å². The third-order valence-corrected chi connectivity index (χ3v) is 3.94. The highest BCUT2D eigenvalue weighted by Gasteiger charge is 2.53. The smallest absolute Gasteiger partial charge is 0.191 e. The Balaban J connectivity index is 2.04. The summed E-state index contributed by atoms with van der Waals surface area (Å²) in [5, 5.41) is 0. The largest absolute Gasteiger partial charge is 0.379 e. The first-order chi connectivity index (χ1) is 8.65. The minimum absolute atomic E-state index is 0.0787. The van der Waals surface area contributed by atoms with Gasteiger partial charge in [-0.15, -0.1) is 0 Å². The van der Waals surface area contributed by atoms with E-state index in [0.717, 1.165) is 0 Å². The van der Waals surface area contributed by atoms with Crippen LogP contribution in [-0.2, 0) is 4.74 Å². The minimum Gasteiger partial charge on any atom is -0.379 e. The minimum atomic E-state index is -1.03. The van der Waals surface area contributed by atoms with E-state index in [0.29, 0.717) is 37.4 Å². The summed E-state index contributed by atoms with van der Waals surface area (Å²) in [4.78, 5) is 27.0. The third-order valence-electron chi connectivity index (χ3n) is 3.94. The predicted molar refractivity (Wildman–Crippen MR) is 65.9 cm³/mol. The molecule has 0 amide bonds. The first-order valence-electron chi connectivity index (χ1n) is 6.17. The zero-order valence-corrected chi connectivity index (χ0v) is 10.3.